The maximum Gasteiger partial charge on any atom is 0.126 e. The summed E-state index contributed by atoms with van der Waals surface area (Å²) in [5, 5.41) is 2.74. The van der Waals surface area contributed by atoms with Crippen molar-refractivity contribution in [2.45, 2.75) is 24.3 Å². The molecule has 1 aliphatic carbocycles. The number of hydrogen-bond donors (Lipinski definition) is 2. The van der Waals surface area contributed by atoms with Crippen LogP contribution in [0.2, 0.25) is 0 Å². The van der Waals surface area contributed by atoms with Crippen molar-refractivity contribution in [2.24, 2.45) is 5.73 Å². The van der Waals surface area contributed by atoms with E-state index in [1.54, 1.807) is 12.4 Å². The van der Waals surface area contributed by atoms with Crippen LogP contribution in [0.4, 0.5) is 10.2 Å². The number of alkyl halides is 1. The summed E-state index contributed by atoms with van der Waals surface area (Å²) in [5.74, 6) is 0.393. The highest BCUT2D eigenvalue weighted by molar-refractivity contribution is 6.22. The van der Waals surface area contributed by atoms with Crippen LogP contribution in [0.3, 0.4) is 0 Å². The molecule has 1 aromatic carbocycles. The smallest absolute Gasteiger partial charge is 0.126 e. The molecule has 0 aliphatic heterocycles. The average Bonchev–Trinajstić information content (AvgIpc) is 2.81. The summed E-state index contributed by atoms with van der Waals surface area (Å²) in [6.07, 6.45) is 8.11. The van der Waals surface area contributed by atoms with Crippen LogP contribution in [0.25, 0.3) is 16.8 Å². The lowest BCUT2D eigenvalue weighted by molar-refractivity contribution is 0.593. The Bertz CT molecular complexity index is 1080. The van der Waals surface area contributed by atoms with E-state index in [0.29, 0.717) is 13.0 Å². The van der Waals surface area contributed by atoms with E-state index in [4.69, 9.17) is 22.3 Å². The van der Waals surface area contributed by atoms with E-state index in [2.05, 4.69) is 22.4 Å². The standard InChI is InChI=1S/C25H24ClFN4/c26-22-8-6-19(15-23(22)27)21-7-9-24(31-25(21)18-10-12-29-13-11-18)30-16-20(28)14-17-4-2-1-3-5-17/h1-7,9-13,15,20,22H,8,14,16,28H2,(H,30,31)/t20-,22?/m0/s1. The third-order valence-corrected chi connectivity index (χ3v) is 5.57. The van der Waals surface area contributed by atoms with Gasteiger partial charge in [-0.25, -0.2) is 9.37 Å². The number of benzene rings is 1. The van der Waals surface area contributed by atoms with Crippen molar-refractivity contribution in [2.75, 3.05) is 11.9 Å². The van der Waals surface area contributed by atoms with Gasteiger partial charge in [-0.15, -0.1) is 11.6 Å². The Morgan fingerprint density at radius 3 is 2.61 bits per heavy atom. The molecule has 3 N–H and O–H groups in total. The van der Waals surface area contributed by atoms with Gasteiger partial charge >= 0.3 is 0 Å². The van der Waals surface area contributed by atoms with Gasteiger partial charge in [0, 0.05) is 36.1 Å². The molecule has 0 saturated heterocycles. The fraction of sp³-hybridized carbons (Fsp3) is 0.200. The first kappa shape index (κ1) is 21.2. The van der Waals surface area contributed by atoms with Gasteiger partial charge in [0.05, 0.1) is 11.1 Å². The number of nitrogens with one attached hydrogen (secondary N) is 1. The molecule has 2 heterocycles. The van der Waals surface area contributed by atoms with Crippen LogP contribution in [-0.2, 0) is 6.42 Å². The molecule has 31 heavy (non-hydrogen) atoms. The average molecular weight is 435 g/mol. The summed E-state index contributed by atoms with van der Waals surface area (Å²) in [4.78, 5) is 8.91. The van der Waals surface area contributed by atoms with Gasteiger partial charge in [0.2, 0.25) is 0 Å². The highest BCUT2D eigenvalue weighted by atomic mass is 35.5. The Morgan fingerprint density at radius 2 is 1.87 bits per heavy atom. The van der Waals surface area contributed by atoms with E-state index in [9.17, 15) is 4.39 Å². The molecule has 0 fully saturated rings. The van der Waals surface area contributed by atoms with Crippen LogP contribution >= 0.6 is 11.6 Å². The molecular formula is C25H24ClFN4. The monoisotopic (exact) mass is 434 g/mol. The SMILES string of the molecule is N[C@H](CNc1ccc(C2=CCC(Cl)C(F)=C2)c(-c2ccncc2)n1)Cc1ccccc1. The maximum atomic E-state index is 14.1. The Balaban J connectivity index is 1.56. The van der Waals surface area contributed by atoms with E-state index in [1.807, 2.05) is 48.5 Å². The molecule has 6 heteroatoms. The highest BCUT2D eigenvalue weighted by Gasteiger charge is 2.19. The van der Waals surface area contributed by atoms with Crippen LogP contribution in [0.1, 0.15) is 17.5 Å². The molecule has 0 radical (unpaired) electrons. The molecular weight excluding hydrogens is 411 g/mol. The van der Waals surface area contributed by atoms with Crippen LogP contribution in [-0.4, -0.2) is 27.9 Å². The van der Waals surface area contributed by atoms with Gasteiger partial charge in [0.25, 0.3) is 0 Å². The van der Waals surface area contributed by atoms with Gasteiger partial charge in [-0.05, 0) is 54.3 Å². The number of nitrogens with zero attached hydrogens (tertiary/aromatic N) is 2. The quantitative estimate of drug-likeness (QED) is 0.490. The summed E-state index contributed by atoms with van der Waals surface area (Å²) in [5.41, 5.74) is 10.8. The summed E-state index contributed by atoms with van der Waals surface area (Å²) >= 11 is 6.00. The predicted octanol–water partition coefficient (Wildman–Crippen LogP) is 5.37. The lowest BCUT2D eigenvalue weighted by atomic mass is 9.95. The number of nitrogens with two attached hydrogens (primary N) is 1. The fourth-order valence-electron chi connectivity index (χ4n) is 3.57. The Morgan fingerprint density at radius 1 is 1.10 bits per heavy atom. The van der Waals surface area contributed by atoms with Gasteiger partial charge in [-0.2, -0.15) is 0 Å². The van der Waals surface area contributed by atoms with Crippen LogP contribution in [0, 0.1) is 0 Å². The largest absolute Gasteiger partial charge is 0.368 e. The summed E-state index contributed by atoms with van der Waals surface area (Å²) in [6.45, 7) is 0.585. The highest BCUT2D eigenvalue weighted by Crippen LogP contribution is 2.34. The molecule has 1 unspecified atom stereocenters. The zero-order chi connectivity index (χ0) is 21.6. The lowest BCUT2D eigenvalue weighted by Gasteiger charge is -2.18. The third-order valence-electron chi connectivity index (χ3n) is 5.18. The minimum Gasteiger partial charge on any atom is -0.368 e. The van der Waals surface area contributed by atoms with Crippen molar-refractivity contribution >= 4 is 23.0 Å². The minimum atomic E-state index is -0.604. The molecule has 4 rings (SSSR count). The molecule has 1 aliphatic rings. The normalized spacial score (nSPS) is 16.9. The zero-order valence-corrected chi connectivity index (χ0v) is 17.8. The molecule has 0 saturated carbocycles. The molecule has 158 valence electrons. The third kappa shape index (κ3) is 5.37. The second kappa shape index (κ2) is 9.86. The van der Waals surface area contributed by atoms with Gasteiger partial charge < -0.3 is 11.1 Å². The van der Waals surface area contributed by atoms with E-state index >= 15 is 0 Å². The Kier molecular flexibility index (Phi) is 6.75. The van der Waals surface area contributed by atoms with Gasteiger partial charge in [-0.3, -0.25) is 4.98 Å². The molecule has 2 atom stereocenters. The van der Waals surface area contributed by atoms with Crippen molar-refractivity contribution in [1.82, 2.24) is 9.97 Å². The second-order valence-electron chi connectivity index (χ2n) is 7.55. The van der Waals surface area contributed by atoms with E-state index in [-0.39, 0.29) is 11.9 Å². The van der Waals surface area contributed by atoms with Crippen LogP contribution < -0.4 is 11.1 Å². The number of rotatable bonds is 7. The van der Waals surface area contributed by atoms with Crippen molar-refractivity contribution in [3.63, 3.8) is 0 Å². The Hall–Kier alpha value is -3.02. The van der Waals surface area contributed by atoms with E-state index < -0.39 is 5.38 Å². The zero-order valence-electron chi connectivity index (χ0n) is 17.0. The lowest BCUT2D eigenvalue weighted by Crippen LogP contribution is -2.31. The predicted molar refractivity (Wildman–Crippen MR) is 126 cm³/mol. The number of halogens is 2. The van der Waals surface area contributed by atoms with Crippen molar-refractivity contribution < 1.29 is 4.39 Å². The van der Waals surface area contributed by atoms with Crippen molar-refractivity contribution in [3.8, 4) is 11.3 Å². The molecule has 4 nitrogen and oxygen atoms in total. The number of hydrogen-bond acceptors (Lipinski definition) is 4. The Labute approximate surface area is 186 Å². The maximum absolute atomic E-state index is 14.1. The molecule has 0 spiro atoms. The van der Waals surface area contributed by atoms with Crippen LogP contribution in [0.5, 0.6) is 0 Å². The summed E-state index contributed by atoms with van der Waals surface area (Å²) in [7, 11) is 0. The van der Waals surface area contributed by atoms with Gasteiger partial charge in [-0.1, -0.05) is 36.4 Å². The minimum absolute atomic E-state index is 0.0491. The first-order valence-corrected chi connectivity index (χ1v) is 10.7. The number of allylic oxidation sites excluding steroid dienone is 4. The van der Waals surface area contributed by atoms with Crippen molar-refractivity contribution in [1.29, 1.82) is 0 Å². The van der Waals surface area contributed by atoms with Gasteiger partial charge in [0.1, 0.15) is 11.6 Å². The van der Waals surface area contributed by atoms with Crippen LogP contribution in [0.15, 0.2) is 85.0 Å². The number of anilines is 1. The summed E-state index contributed by atoms with van der Waals surface area (Å²) in [6, 6.07) is 17.8. The molecule has 0 amide bonds. The van der Waals surface area contributed by atoms with Crippen molar-refractivity contribution in [3.05, 3.63) is 96.1 Å². The fourth-order valence-corrected chi connectivity index (χ4v) is 3.73. The number of pyridine rings is 2. The molecule has 0 bridgehead atoms. The van der Waals surface area contributed by atoms with Gasteiger partial charge in [0.15, 0.2) is 0 Å². The topological polar surface area (TPSA) is 63.8 Å². The first-order valence-electron chi connectivity index (χ1n) is 10.3. The first-order chi connectivity index (χ1) is 15.1. The summed E-state index contributed by atoms with van der Waals surface area (Å²) < 4.78 is 14.1. The van der Waals surface area contributed by atoms with E-state index in [1.165, 1.54) is 11.6 Å². The molecule has 3 aromatic rings. The number of aromatic nitrogens is 2. The van der Waals surface area contributed by atoms with E-state index in [0.717, 1.165) is 34.6 Å². The molecule has 2 aromatic heterocycles. The second-order valence-corrected chi connectivity index (χ2v) is 8.08.